The minimum atomic E-state index is -0.189. The van der Waals surface area contributed by atoms with Gasteiger partial charge >= 0.3 is 0 Å². The van der Waals surface area contributed by atoms with Gasteiger partial charge in [-0.05, 0) is 65.1 Å². The maximum absolute atomic E-state index is 13.1. The van der Waals surface area contributed by atoms with Crippen LogP contribution in [0, 0.1) is 12.7 Å². The lowest BCUT2D eigenvalue weighted by Gasteiger charge is -2.18. The summed E-state index contributed by atoms with van der Waals surface area (Å²) in [6.07, 6.45) is 2.47. The molecule has 102 valence electrons. The summed E-state index contributed by atoms with van der Waals surface area (Å²) in [5.41, 5.74) is 3.20. The number of nitrogens with one attached hydrogen (secondary N) is 1. The molecule has 1 aromatic carbocycles. The van der Waals surface area contributed by atoms with Gasteiger partial charge in [0, 0.05) is 11.6 Å². The van der Waals surface area contributed by atoms with E-state index in [0.29, 0.717) is 0 Å². The van der Waals surface area contributed by atoms with E-state index in [1.807, 2.05) is 19.1 Å². The normalized spacial score (nSPS) is 12.6. The second kappa shape index (κ2) is 6.35. The fourth-order valence-corrected chi connectivity index (χ4v) is 2.72. The second-order valence-corrected chi connectivity index (χ2v) is 5.26. The first-order valence-electron chi connectivity index (χ1n) is 6.33. The molecule has 0 amide bonds. The third-order valence-corrected chi connectivity index (χ3v) is 3.85. The number of aryl methyl sites for hydroxylation is 1. The Morgan fingerprint density at radius 3 is 2.74 bits per heavy atom. The zero-order valence-corrected chi connectivity index (χ0v) is 12.6. The molecule has 1 unspecified atom stereocenters. The fraction of sp³-hybridized carbons (Fsp3) is 0.333. The molecule has 0 bridgehead atoms. The van der Waals surface area contributed by atoms with Crippen molar-refractivity contribution in [2.24, 2.45) is 0 Å². The highest BCUT2D eigenvalue weighted by molar-refractivity contribution is 9.10. The first-order valence-corrected chi connectivity index (χ1v) is 7.12. The van der Waals surface area contributed by atoms with E-state index in [9.17, 15) is 4.39 Å². The van der Waals surface area contributed by atoms with Gasteiger partial charge in [0.05, 0.1) is 6.26 Å². The van der Waals surface area contributed by atoms with Gasteiger partial charge in [-0.2, -0.15) is 0 Å². The zero-order chi connectivity index (χ0) is 13.8. The minimum Gasteiger partial charge on any atom is -0.457 e. The first kappa shape index (κ1) is 14.3. The van der Waals surface area contributed by atoms with Gasteiger partial charge in [0.1, 0.15) is 5.82 Å². The van der Waals surface area contributed by atoms with Crippen LogP contribution in [-0.2, 0) is 6.42 Å². The Balaban J connectivity index is 2.24. The van der Waals surface area contributed by atoms with Gasteiger partial charge in [0.2, 0.25) is 0 Å². The molecule has 4 heteroatoms. The highest BCUT2D eigenvalue weighted by Gasteiger charge is 2.17. The van der Waals surface area contributed by atoms with Crippen molar-refractivity contribution in [3.8, 4) is 0 Å². The summed E-state index contributed by atoms with van der Waals surface area (Å²) in [6, 6.07) is 7.04. The van der Waals surface area contributed by atoms with Crippen LogP contribution in [0.15, 0.2) is 39.6 Å². The van der Waals surface area contributed by atoms with Crippen LogP contribution in [0.4, 0.5) is 4.39 Å². The highest BCUT2D eigenvalue weighted by atomic mass is 79.9. The number of furan rings is 1. The highest BCUT2D eigenvalue weighted by Crippen LogP contribution is 2.28. The third kappa shape index (κ3) is 3.45. The Morgan fingerprint density at radius 1 is 1.37 bits per heavy atom. The quantitative estimate of drug-likeness (QED) is 0.882. The average molecular weight is 326 g/mol. The second-order valence-electron chi connectivity index (χ2n) is 4.53. The van der Waals surface area contributed by atoms with Gasteiger partial charge in [-0.3, -0.25) is 0 Å². The van der Waals surface area contributed by atoms with Crippen molar-refractivity contribution < 1.29 is 8.81 Å². The lowest BCUT2D eigenvalue weighted by molar-refractivity contribution is 0.505. The third-order valence-electron chi connectivity index (χ3n) is 3.20. The van der Waals surface area contributed by atoms with Gasteiger partial charge in [0.25, 0.3) is 0 Å². The summed E-state index contributed by atoms with van der Waals surface area (Å²) >= 11 is 3.41. The van der Waals surface area contributed by atoms with E-state index >= 15 is 0 Å². The largest absolute Gasteiger partial charge is 0.457 e. The molecule has 2 aromatic rings. The molecule has 0 saturated heterocycles. The Kier molecular flexibility index (Phi) is 4.77. The Hall–Kier alpha value is -1.13. The van der Waals surface area contributed by atoms with E-state index in [1.165, 1.54) is 6.07 Å². The molecule has 19 heavy (non-hydrogen) atoms. The number of halogens is 2. The molecule has 1 aromatic heterocycles. The molecule has 1 N–H and O–H groups in total. The minimum absolute atomic E-state index is 0.155. The van der Waals surface area contributed by atoms with Crippen molar-refractivity contribution in [1.29, 1.82) is 0 Å². The first-order chi connectivity index (χ1) is 9.11. The topological polar surface area (TPSA) is 25.2 Å². The van der Waals surface area contributed by atoms with Crippen molar-refractivity contribution >= 4 is 15.9 Å². The van der Waals surface area contributed by atoms with Crippen molar-refractivity contribution in [2.75, 3.05) is 6.54 Å². The zero-order valence-electron chi connectivity index (χ0n) is 11.0. The standard InChI is InChI=1S/C15H17BrFNO/c1-3-18-14(13-6-7-19-15(13)16)9-11-4-5-12(17)8-10(11)2/h4-8,14,18H,3,9H2,1-2H3. The smallest absolute Gasteiger partial charge is 0.173 e. The monoisotopic (exact) mass is 325 g/mol. The predicted molar refractivity (Wildman–Crippen MR) is 77.7 cm³/mol. The maximum Gasteiger partial charge on any atom is 0.173 e. The van der Waals surface area contributed by atoms with Gasteiger partial charge < -0.3 is 9.73 Å². The van der Waals surface area contributed by atoms with Crippen LogP contribution < -0.4 is 5.32 Å². The summed E-state index contributed by atoms with van der Waals surface area (Å²) < 4.78 is 19.2. The number of hydrogen-bond acceptors (Lipinski definition) is 2. The predicted octanol–water partition coefficient (Wildman–Crippen LogP) is 4.38. The van der Waals surface area contributed by atoms with Gasteiger partial charge in [-0.25, -0.2) is 4.39 Å². The van der Waals surface area contributed by atoms with E-state index < -0.39 is 0 Å². The summed E-state index contributed by atoms with van der Waals surface area (Å²) in [5.74, 6) is -0.189. The van der Waals surface area contributed by atoms with Crippen molar-refractivity contribution in [1.82, 2.24) is 5.32 Å². The van der Waals surface area contributed by atoms with E-state index in [1.54, 1.807) is 12.3 Å². The molecule has 2 nitrogen and oxygen atoms in total. The van der Waals surface area contributed by atoms with Crippen LogP contribution >= 0.6 is 15.9 Å². The molecular weight excluding hydrogens is 309 g/mol. The summed E-state index contributed by atoms with van der Waals surface area (Å²) in [7, 11) is 0. The molecule has 1 heterocycles. The van der Waals surface area contributed by atoms with Crippen LogP contribution in [0.1, 0.15) is 29.7 Å². The lowest BCUT2D eigenvalue weighted by Crippen LogP contribution is -2.23. The van der Waals surface area contributed by atoms with E-state index in [4.69, 9.17) is 4.42 Å². The van der Waals surface area contributed by atoms with Crippen molar-refractivity contribution in [2.45, 2.75) is 26.3 Å². The Labute approximate surface area is 121 Å². The summed E-state index contributed by atoms with van der Waals surface area (Å²) in [5, 5.41) is 3.43. The molecule has 0 fully saturated rings. The number of likely N-dealkylation sites (N-methyl/N-ethyl adjacent to an activating group) is 1. The number of hydrogen-bond donors (Lipinski definition) is 1. The van der Waals surface area contributed by atoms with Gasteiger partial charge in [-0.15, -0.1) is 0 Å². The van der Waals surface area contributed by atoms with E-state index in [2.05, 4.69) is 28.2 Å². The maximum atomic E-state index is 13.1. The summed E-state index contributed by atoms with van der Waals surface area (Å²) in [4.78, 5) is 0. The molecule has 0 aliphatic rings. The van der Waals surface area contributed by atoms with Gasteiger partial charge in [-0.1, -0.05) is 13.0 Å². The van der Waals surface area contributed by atoms with Crippen LogP contribution in [0.3, 0.4) is 0 Å². The molecular formula is C15H17BrFNO. The van der Waals surface area contributed by atoms with Crippen molar-refractivity contribution in [3.63, 3.8) is 0 Å². The Morgan fingerprint density at radius 2 is 2.16 bits per heavy atom. The Bertz CT molecular complexity index is 553. The average Bonchev–Trinajstić information content (AvgIpc) is 2.78. The number of benzene rings is 1. The molecule has 0 aliphatic carbocycles. The fourth-order valence-electron chi connectivity index (χ4n) is 2.20. The molecule has 1 atom stereocenters. The van der Waals surface area contributed by atoms with Crippen LogP contribution in [0.25, 0.3) is 0 Å². The SMILES string of the molecule is CCNC(Cc1ccc(F)cc1C)c1ccoc1Br. The van der Waals surface area contributed by atoms with Crippen LogP contribution in [-0.4, -0.2) is 6.54 Å². The van der Waals surface area contributed by atoms with Gasteiger partial charge in [0.15, 0.2) is 4.67 Å². The van der Waals surface area contributed by atoms with Crippen LogP contribution in [0.5, 0.6) is 0 Å². The summed E-state index contributed by atoms with van der Waals surface area (Å²) in [6.45, 7) is 4.87. The number of rotatable bonds is 5. The lowest BCUT2D eigenvalue weighted by atomic mass is 9.97. The van der Waals surface area contributed by atoms with Crippen LogP contribution in [0.2, 0.25) is 0 Å². The molecule has 0 saturated carbocycles. The molecule has 0 radical (unpaired) electrons. The molecule has 0 aliphatic heterocycles. The molecule has 2 rings (SSSR count). The van der Waals surface area contributed by atoms with E-state index in [-0.39, 0.29) is 11.9 Å². The molecule has 0 spiro atoms. The van der Waals surface area contributed by atoms with Crippen molar-refractivity contribution in [3.05, 3.63) is 57.7 Å². The van der Waals surface area contributed by atoms with E-state index in [0.717, 1.165) is 34.3 Å².